The number of rotatable bonds is 10. The molecule has 3 heteroatoms. The van der Waals surface area contributed by atoms with Gasteiger partial charge in [0.05, 0.1) is 12.1 Å². The first-order valence-electron chi connectivity index (χ1n) is 8.28. The highest BCUT2D eigenvalue weighted by atomic mass is 16.5. The Morgan fingerprint density at radius 1 is 1.05 bits per heavy atom. The Bertz CT molecular complexity index is 533. The van der Waals surface area contributed by atoms with Crippen LogP contribution in [-0.4, -0.2) is 24.3 Å². The Labute approximate surface area is 128 Å². The Morgan fingerprint density at radius 3 is 2.76 bits per heavy atom. The normalized spacial score (nSPS) is 11.1. The van der Waals surface area contributed by atoms with Crippen molar-refractivity contribution >= 4 is 10.9 Å². The molecule has 0 spiro atoms. The van der Waals surface area contributed by atoms with Gasteiger partial charge in [0.2, 0.25) is 0 Å². The minimum absolute atomic E-state index is 0.781. The van der Waals surface area contributed by atoms with Crippen LogP contribution in [0.4, 0.5) is 0 Å². The van der Waals surface area contributed by atoms with E-state index in [0.29, 0.717) is 0 Å². The molecule has 1 N–H and O–H groups in total. The third-order valence-electron chi connectivity index (χ3n) is 3.72. The van der Waals surface area contributed by atoms with E-state index in [4.69, 9.17) is 4.74 Å². The van der Waals surface area contributed by atoms with Crippen LogP contribution in [0.3, 0.4) is 0 Å². The highest BCUT2D eigenvalue weighted by Crippen LogP contribution is 2.26. The SMILES string of the molecule is CCCCCNCCn1ccc2c(OCCC)cccc21. The Balaban J connectivity index is 1.92. The summed E-state index contributed by atoms with van der Waals surface area (Å²) in [5, 5.41) is 4.74. The second-order valence-corrected chi connectivity index (χ2v) is 5.50. The van der Waals surface area contributed by atoms with Gasteiger partial charge in [-0.05, 0) is 37.6 Å². The quantitative estimate of drug-likeness (QED) is 0.663. The highest BCUT2D eigenvalue weighted by Gasteiger charge is 2.06. The summed E-state index contributed by atoms with van der Waals surface area (Å²) in [4.78, 5) is 0. The van der Waals surface area contributed by atoms with Crippen LogP contribution in [0, 0.1) is 0 Å². The molecule has 21 heavy (non-hydrogen) atoms. The molecule has 0 radical (unpaired) electrons. The van der Waals surface area contributed by atoms with Crippen LogP contribution < -0.4 is 10.1 Å². The maximum absolute atomic E-state index is 5.82. The second-order valence-electron chi connectivity index (χ2n) is 5.50. The number of benzene rings is 1. The topological polar surface area (TPSA) is 26.2 Å². The van der Waals surface area contributed by atoms with Crippen LogP contribution in [0.1, 0.15) is 39.5 Å². The summed E-state index contributed by atoms with van der Waals surface area (Å²) in [7, 11) is 0. The summed E-state index contributed by atoms with van der Waals surface area (Å²) in [5.41, 5.74) is 1.26. The molecule has 116 valence electrons. The van der Waals surface area contributed by atoms with Crippen molar-refractivity contribution in [1.29, 1.82) is 0 Å². The first-order chi connectivity index (χ1) is 10.4. The monoisotopic (exact) mass is 288 g/mol. The van der Waals surface area contributed by atoms with E-state index in [2.05, 4.69) is 54.2 Å². The summed E-state index contributed by atoms with van der Waals surface area (Å²) in [6.45, 7) is 8.31. The average molecular weight is 288 g/mol. The molecule has 1 aromatic carbocycles. The molecule has 0 amide bonds. The van der Waals surface area contributed by atoms with E-state index in [1.807, 2.05) is 0 Å². The van der Waals surface area contributed by atoms with Gasteiger partial charge in [0, 0.05) is 24.7 Å². The minimum Gasteiger partial charge on any atom is -0.493 e. The lowest BCUT2D eigenvalue weighted by molar-refractivity contribution is 0.321. The number of hydrogen-bond donors (Lipinski definition) is 1. The van der Waals surface area contributed by atoms with Crippen LogP contribution >= 0.6 is 0 Å². The molecule has 2 rings (SSSR count). The predicted octanol–water partition coefficient (Wildman–Crippen LogP) is 4.21. The van der Waals surface area contributed by atoms with Gasteiger partial charge in [-0.2, -0.15) is 0 Å². The summed E-state index contributed by atoms with van der Waals surface area (Å²) in [6, 6.07) is 8.48. The predicted molar refractivity (Wildman–Crippen MR) is 90.1 cm³/mol. The number of ether oxygens (including phenoxy) is 1. The zero-order valence-corrected chi connectivity index (χ0v) is 13.4. The Kier molecular flexibility index (Phi) is 6.61. The summed E-state index contributed by atoms with van der Waals surface area (Å²) in [5.74, 6) is 1.00. The molecule has 0 saturated heterocycles. The van der Waals surface area contributed by atoms with Gasteiger partial charge in [0.25, 0.3) is 0 Å². The molecule has 1 heterocycles. The van der Waals surface area contributed by atoms with E-state index in [1.54, 1.807) is 0 Å². The second kappa shape index (κ2) is 8.73. The summed E-state index contributed by atoms with van der Waals surface area (Å²) >= 11 is 0. The maximum Gasteiger partial charge on any atom is 0.128 e. The number of hydrogen-bond acceptors (Lipinski definition) is 2. The third kappa shape index (κ3) is 4.50. The largest absolute Gasteiger partial charge is 0.493 e. The standard InChI is InChI=1S/C18H28N2O/c1-3-5-6-11-19-12-14-20-13-10-16-17(20)8-7-9-18(16)21-15-4-2/h7-10,13,19H,3-6,11-12,14-15H2,1-2H3. The zero-order chi connectivity index (χ0) is 14.9. The van der Waals surface area contributed by atoms with Crippen molar-refractivity contribution in [3.63, 3.8) is 0 Å². The zero-order valence-electron chi connectivity index (χ0n) is 13.4. The van der Waals surface area contributed by atoms with Crippen molar-refractivity contribution in [2.24, 2.45) is 0 Å². The molecule has 0 atom stereocenters. The maximum atomic E-state index is 5.82. The van der Waals surface area contributed by atoms with E-state index in [1.165, 1.54) is 30.2 Å². The van der Waals surface area contributed by atoms with E-state index >= 15 is 0 Å². The van der Waals surface area contributed by atoms with Gasteiger partial charge in [-0.3, -0.25) is 0 Å². The molecular weight excluding hydrogens is 260 g/mol. The van der Waals surface area contributed by atoms with E-state index in [9.17, 15) is 0 Å². The van der Waals surface area contributed by atoms with Gasteiger partial charge in [-0.25, -0.2) is 0 Å². The summed E-state index contributed by atoms with van der Waals surface area (Å²) in [6.07, 6.45) is 7.08. The average Bonchev–Trinajstić information content (AvgIpc) is 2.92. The number of nitrogens with one attached hydrogen (secondary N) is 1. The lowest BCUT2D eigenvalue weighted by Crippen LogP contribution is -2.20. The molecule has 0 saturated carbocycles. The number of nitrogens with zero attached hydrogens (tertiary/aromatic N) is 1. The van der Waals surface area contributed by atoms with Crippen LogP contribution in [0.5, 0.6) is 5.75 Å². The fourth-order valence-corrected chi connectivity index (χ4v) is 2.55. The van der Waals surface area contributed by atoms with Gasteiger partial charge < -0.3 is 14.6 Å². The highest BCUT2D eigenvalue weighted by molar-refractivity contribution is 5.86. The van der Waals surface area contributed by atoms with Crippen molar-refractivity contribution < 1.29 is 4.74 Å². The molecule has 0 aliphatic heterocycles. The lowest BCUT2D eigenvalue weighted by Gasteiger charge is -2.09. The van der Waals surface area contributed by atoms with E-state index in [0.717, 1.165) is 38.4 Å². The molecule has 1 aromatic heterocycles. The van der Waals surface area contributed by atoms with Gasteiger partial charge in [-0.1, -0.05) is 32.8 Å². The Morgan fingerprint density at radius 2 is 1.95 bits per heavy atom. The van der Waals surface area contributed by atoms with Crippen molar-refractivity contribution in [2.75, 3.05) is 19.7 Å². The third-order valence-corrected chi connectivity index (χ3v) is 3.72. The van der Waals surface area contributed by atoms with Gasteiger partial charge in [-0.15, -0.1) is 0 Å². The van der Waals surface area contributed by atoms with Crippen molar-refractivity contribution in [3.8, 4) is 5.75 Å². The molecule has 0 aliphatic carbocycles. The van der Waals surface area contributed by atoms with Gasteiger partial charge in [0.1, 0.15) is 5.75 Å². The molecule has 3 nitrogen and oxygen atoms in total. The first-order valence-corrected chi connectivity index (χ1v) is 8.28. The fraction of sp³-hybridized carbons (Fsp3) is 0.556. The number of aromatic nitrogens is 1. The fourth-order valence-electron chi connectivity index (χ4n) is 2.55. The van der Waals surface area contributed by atoms with Crippen LogP contribution in [0.15, 0.2) is 30.5 Å². The van der Waals surface area contributed by atoms with Crippen molar-refractivity contribution in [3.05, 3.63) is 30.5 Å². The van der Waals surface area contributed by atoms with Crippen LogP contribution in [0.2, 0.25) is 0 Å². The minimum atomic E-state index is 0.781. The molecule has 0 aliphatic rings. The van der Waals surface area contributed by atoms with Crippen LogP contribution in [-0.2, 0) is 6.54 Å². The van der Waals surface area contributed by atoms with Gasteiger partial charge >= 0.3 is 0 Å². The molecule has 2 aromatic rings. The molecule has 0 fully saturated rings. The smallest absolute Gasteiger partial charge is 0.128 e. The molecule has 0 unspecified atom stereocenters. The first kappa shape index (κ1) is 15.9. The van der Waals surface area contributed by atoms with E-state index < -0.39 is 0 Å². The number of unbranched alkanes of at least 4 members (excludes halogenated alkanes) is 2. The molecule has 0 bridgehead atoms. The summed E-state index contributed by atoms with van der Waals surface area (Å²) < 4.78 is 8.13. The number of fused-ring (bicyclic) bond motifs is 1. The Hall–Kier alpha value is -1.48. The van der Waals surface area contributed by atoms with E-state index in [-0.39, 0.29) is 0 Å². The molecular formula is C18H28N2O. The van der Waals surface area contributed by atoms with Gasteiger partial charge in [0.15, 0.2) is 0 Å². The lowest BCUT2D eigenvalue weighted by atomic mass is 10.2. The van der Waals surface area contributed by atoms with Crippen molar-refractivity contribution in [2.45, 2.75) is 46.1 Å². The van der Waals surface area contributed by atoms with Crippen LogP contribution in [0.25, 0.3) is 10.9 Å². The van der Waals surface area contributed by atoms with Crippen molar-refractivity contribution in [1.82, 2.24) is 9.88 Å².